The molecule has 6 nitrogen and oxygen atoms in total. The Kier molecular flexibility index (Phi) is 4.66. The number of hydrogen-bond acceptors (Lipinski definition) is 5. The van der Waals surface area contributed by atoms with E-state index in [1.54, 1.807) is 24.3 Å². The first kappa shape index (κ1) is 12.7. The zero-order valence-electron chi connectivity index (χ0n) is 8.80. The van der Waals surface area contributed by atoms with Crippen molar-refractivity contribution in [3.63, 3.8) is 0 Å². The zero-order valence-corrected chi connectivity index (χ0v) is 8.80. The second kappa shape index (κ2) is 6.25. The number of hydrogen-bond donors (Lipinski definition) is 1. The molecular formula is C11H9N2O4-. The highest BCUT2D eigenvalue weighted by molar-refractivity contribution is 5.91. The molecule has 1 aromatic rings. The van der Waals surface area contributed by atoms with Crippen LogP contribution in [0.15, 0.2) is 24.3 Å². The minimum Gasteiger partial charge on any atom is -0.548 e. The molecule has 0 aromatic heterocycles. The second-order valence-corrected chi connectivity index (χ2v) is 3.10. The molecule has 0 aliphatic carbocycles. The van der Waals surface area contributed by atoms with Crippen molar-refractivity contribution in [1.29, 1.82) is 5.26 Å². The highest BCUT2D eigenvalue weighted by Crippen LogP contribution is 2.08. The first-order valence-corrected chi connectivity index (χ1v) is 4.69. The van der Waals surface area contributed by atoms with Gasteiger partial charge in [-0.2, -0.15) is 5.26 Å². The van der Waals surface area contributed by atoms with Gasteiger partial charge in [-0.25, -0.2) is 0 Å². The molecule has 0 spiro atoms. The maximum atomic E-state index is 11.2. The van der Waals surface area contributed by atoms with Gasteiger partial charge in [-0.15, -0.1) is 0 Å². The number of ether oxygens (including phenoxy) is 1. The number of carbonyl (C=O) groups is 2. The van der Waals surface area contributed by atoms with E-state index in [-0.39, 0.29) is 6.61 Å². The summed E-state index contributed by atoms with van der Waals surface area (Å²) in [7, 11) is 0. The van der Waals surface area contributed by atoms with E-state index in [1.807, 2.05) is 6.07 Å². The van der Waals surface area contributed by atoms with E-state index in [1.165, 1.54) is 0 Å². The minimum absolute atomic E-state index is 0.367. The van der Waals surface area contributed by atoms with E-state index in [2.05, 4.69) is 10.1 Å². The number of nitrogens with one attached hydrogen (secondary N) is 1. The predicted molar refractivity (Wildman–Crippen MR) is 55.6 cm³/mol. The van der Waals surface area contributed by atoms with Crippen molar-refractivity contribution < 1.29 is 19.4 Å². The Morgan fingerprint density at radius 3 is 2.47 bits per heavy atom. The quantitative estimate of drug-likeness (QED) is 0.721. The van der Waals surface area contributed by atoms with Crippen molar-refractivity contribution in [2.45, 2.75) is 0 Å². The Bertz CT molecular complexity index is 448. The van der Waals surface area contributed by atoms with Crippen LogP contribution in [0.25, 0.3) is 0 Å². The van der Waals surface area contributed by atoms with Crippen LogP contribution in [0, 0.1) is 11.3 Å². The van der Waals surface area contributed by atoms with Gasteiger partial charge in [-0.3, -0.25) is 4.79 Å². The molecule has 0 aliphatic rings. The highest BCUT2D eigenvalue weighted by Gasteiger charge is 2.02. The highest BCUT2D eigenvalue weighted by atomic mass is 16.5. The summed E-state index contributed by atoms with van der Waals surface area (Å²) < 4.78 is 4.55. The van der Waals surface area contributed by atoms with E-state index >= 15 is 0 Å². The van der Waals surface area contributed by atoms with E-state index in [4.69, 9.17) is 5.26 Å². The van der Waals surface area contributed by atoms with Crippen LogP contribution in [-0.4, -0.2) is 25.1 Å². The molecule has 0 saturated carbocycles. The molecule has 0 heterocycles. The van der Waals surface area contributed by atoms with Crippen LogP contribution in [0.3, 0.4) is 0 Å². The summed E-state index contributed by atoms with van der Waals surface area (Å²) in [5, 5.41) is 21.1. The van der Waals surface area contributed by atoms with Gasteiger partial charge in [0.1, 0.15) is 6.61 Å². The summed E-state index contributed by atoms with van der Waals surface area (Å²) in [4.78, 5) is 21.2. The van der Waals surface area contributed by atoms with Crippen LogP contribution in [0.2, 0.25) is 0 Å². The molecule has 1 N–H and O–H groups in total. The Hall–Kier alpha value is -2.39. The summed E-state index contributed by atoms with van der Waals surface area (Å²) in [5.74, 6) is -1.85. The van der Waals surface area contributed by atoms with Gasteiger partial charge in [0.25, 0.3) is 0 Å². The molecule has 6 heteroatoms. The van der Waals surface area contributed by atoms with E-state index in [0.29, 0.717) is 11.3 Å². The number of carboxylic acid groups (broad SMARTS) is 1. The predicted octanol–water partition coefficient (Wildman–Crippen LogP) is -0.737. The lowest BCUT2D eigenvalue weighted by Gasteiger charge is -2.06. The van der Waals surface area contributed by atoms with Crippen molar-refractivity contribution in [2.75, 3.05) is 18.5 Å². The van der Waals surface area contributed by atoms with Crippen LogP contribution in [0.5, 0.6) is 0 Å². The number of carboxylic acids is 1. The number of nitrogens with zero attached hydrogens (tertiary/aromatic N) is 1. The minimum atomic E-state index is -1.38. The van der Waals surface area contributed by atoms with Gasteiger partial charge in [-0.1, -0.05) is 0 Å². The molecule has 0 saturated heterocycles. The normalized spacial score (nSPS) is 9.35. The Morgan fingerprint density at radius 1 is 1.29 bits per heavy atom. The van der Waals surface area contributed by atoms with Crippen molar-refractivity contribution in [3.8, 4) is 6.07 Å². The smallest absolute Gasteiger partial charge is 0.250 e. The molecule has 1 amide bonds. The first-order valence-electron chi connectivity index (χ1n) is 4.69. The molecular weight excluding hydrogens is 224 g/mol. The van der Waals surface area contributed by atoms with Gasteiger partial charge in [0, 0.05) is 5.69 Å². The standard InChI is InChI=1S/C11H10N2O4/c12-5-8-1-3-9(4-2-8)13-10(14)6-17-7-11(15)16/h1-4H,6-7H2,(H,13,14)(H,15,16)/p-1. The van der Waals surface area contributed by atoms with Crippen molar-refractivity contribution in [3.05, 3.63) is 29.8 Å². The molecule has 0 unspecified atom stereocenters. The van der Waals surface area contributed by atoms with Crippen molar-refractivity contribution >= 4 is 17.6 Å². The lowest BCUT2D eigenvalue weighted by molar-refractivity contribution is -0.309. The van der Waals surface area contributed by atoms with Crippen LogP contribution in [0.1, 0.15) is 5.56 Å². The fourth-order valence-electron chi connectivity index (χ4n) is 1.05. The van der Waals surface area contributed by atoms with Crippen LogP contribution < -0.4 is 10.4 Å². The van der Waals surface area contributed by atoms with E-state index in [9.17, 15) is 14.7 Å². The second-order valence-electron chi connectivity index (χ2n) is 3.10. The Balaban J connectivity index is 2.40. The summed E-state index contributed by atoms with van der Waals surface area (Å²) in [5.41, 5.74) is 0.988. The number of anilines is 1. The summed E-state index contributed by atoms with van der Waals surface area (Å²) in [6, 6.07) is 8.18. The summed E-state index contributed by atoms with van der Waals surface area (Å²) >= 11 is 0. The third-order valence-corrected chi connectivity index (χ3v) is 1.75. The number of nitriles is 1. The topological polar surface area (TPSA) is 102 Å². The number of aliphatic carboxylic acids is 1. The third kappa shape index (κ3) is 4.77. The maximum Gasteiger partial charge on any atom is 0.250 e. The van der Waals surface area contributed by atoms with Gasteiger partial charge in [0.15, 0.2) is 0 Å². The number of carbonyl (C=O) groups excluding carboxylic acids is 2. The van der Waals surface area contributed by atoms with Crippen LogP contribution in [0.4, 0.5) is 5.69 Å². The largest absolute Gasteiger partial charge is 0.548 e. The van der Waals surface area contributed by atoms with Crippen molar-refractivity contribution in [2.24, 2.45) is 0 Å². The lowest BCUT2D eigenvalue weighted by Crippen LogP contribution is -2.29. The molecule has 1 aromatic carbocycles. The average Bonchev–Trinajstić information content (AvgIpc) is 2.29. The average molecular weight is 233 g/mol. The fourth-order valence-corrected chi connectivity index (χ4v) is 1.05. The zero-order chi connectivity index (χ0) is 12.7. The molecule has 0 fully saturated rings. The molecule has 0 aliphatic heterocycles. The van der Waals surface area contributed by atoms with Gasteiger partial charge in [-0.05, 0) is 24.3 Å². The lowest BCUT2D eigenvalue weighted by atomic mass is 10.2. The first-order chi connectivity index (χ1) is 8.11. The number of benzene rings is 1. The molecule has 0 atom stereocenters. The molecule has 1 rings (SSSR count). The van der Waals surface area contributed by atoms with Gasteiger partial charge < -0.3 is 20.0 Å². The van der Waals surface area contributed by atoms with E-state index < -0.39 is 18.5 Å². The van der Waals surface area contributed by atoms with Crippen molar-refractivity contribution in [1.82, 2.24) is 0 Å². The van der Waals surface area contributed by atoms with Gasteiger partial charge in [0.05, 0.1) is 24.2 Å². The maximum absolute atomic E-state index is 11.2. The van der Waals surface area contributed by atoms with Crippen LogP contribution in [-0.2, 0) is 14.3 Å². The van der Waals surface area contributed by atoms with E-state index in [0.717, 1.165) is 0 Å². The summed E-state index contributed by atoms with van der Waals surface area (Å²) in [6.45, 7) is -0.991. The SMILES string of the molecule is N#Cc1ccc(NC(=O)COCC(=O)[O-])cc1. The Labute approximate surface area is 97.4 Å². The van der Waals surface area contributed by atoms with Gasteiger partial charge >= 0.3 is 0 Å². The molecule has 17 heavy (non-hydrogen) atoms. The van der Waals surface area contributed by atoms with Gasteiger partial charge in [0.2, 0.25) is 5.91 Å². The monoisotopic (exact) mass is 233 g/mol. The molecule has 0 radical (unpaired) electrons. The number of amides is 1. The summed E-state index contributed by atoms with van der Waals surface area (Å²) in [6.07, 6.45) is 0. The number of rotatable bonds is 5. The Morgan fingerprint density at radius 2 is 1.94 bits per heavy atom. The molecule has 88 valence electrons. The molecule has 0 bridgehead atoms. The fraction of sp³-hybridized carbons (Fsp3) is 0.182. The third-order valence-electron chi connectivity index (χ3n) is 1.75. The van der Waals surface area contributed by atoms with Crippen LogP contribution >= 0.6 is 0 Å².